The Kier molecular flexibility index (Phi) is 2.19. The van der Waals surface area contributed by atoms with E-state index in [4.69, 9.17) is 5.11 Å². The normalized spacial score (nSPS) is 13.9. The number of halogens is 2. The van der Waals surface area contributed by atoms with Gasteiger partial charge in [-0.25, -0.2) is 13.8 Å². The van der Waals surface area contributed by atoms with Crippen molar-refractivity contribution in [3.05, 3.63) is 17.8 Å². The SMILES string of the molecule is Cc1nc(C(O)C(F)F)[c]o1. The van der Waals surface area contributed by atoms with Crippen molar-refractivity contribution in [3.8, 4) is 0 Å². The molecule has 0 bridgehead atoms. The van der Waals surface area contributed by atoms with Crippen molar-refractivity contribution < 1.29 is 18.3 Å². The Morgan fingerprint density at radius 1 is 1.64 bits per heavy atom. The summed E-state index contributed by atoms with van der Waals surface area (Å²) in [4.78, 5) is 3.48. The van der Waals surface area contributed by atoms with Gasteiger partial charge in [-0.2, -0.15) is 0 Å². The molecule has 11 heavy (non-hydrogen) atoms. The molecule has 0 aliphatic carbocycles. The quantitative estimate of drug-likeness (QED) is 0.707. The highest BCUT2D eigenvalue weighted by molar-refractivity contribution is 4.98. The summed E-state index contributed by atoms with van der Waals surface area (Å²) in [7, 11) is 0. The second-order valence-corrected chi connectivity index (χ2v) is 2.00. The van der Waals surface area contributed by atoms with Gasteiger partial charge < -0.3 is 9.52 Å². The van der Waals surface area contributed by atoms with Crippen LogP contribution in [0.15, 0.2) is 4.42 Å². The summed E-state index contributed by atoms with van der Waals surface area (Å²) in [5, 5.41) is 8.71. The number of rotatable bonds is 2. The minimum absolute atomic E-state index is 0.208. The van der Waals surface area contributed by atoms with E-state index in [0.29, 0.717) is 0 Å². The van der Waals surface area contributed by atoms with E-state index in [1.165, 1.54) is 6.92 Å². The van der Waals surface area contributed by atoms with Crippen LogP contribution >= 0.6 is 0 Å². The van der Waals surface area contributed by atoms with Crippen LogP contribution in [0, 0.1) is 13.2 Å². The van der Waals surface area contributed by atoms with Gasteiger partial charge in [0.15, 0.2) is 18.3 Å². The van der Waals surface area contributed by atoms with Gasteiger partial charge in [0.1, 0.15) is 5.69 Å². The first kappa shape index (κ1) is 8.13. The Hall–Kier alpha value is -0.970. The van der Waals surface area contributed by atoms with Crippen LogP contribution in [-0.2, 0) is 0 Å². The largest absolute Gasteiger partial charge is 0.437 e. The van der Waals surface area contributed by atoms with E-state index in [-0.39, 0.29) is 11.6 Å². The first-order valence-corrected chi connectivity index (χ1v) is 2.92. The fourth-order valence-electron chi connectivity index (χ4n) is 0.587. The molecule has 0 spiro atoms. The molecule has 1 aromatic heterocycles. The molecule has 0 saturated carbocycles. The molecule has 0 aromatic carbocycles. The first-order valence-electron chi connectivity index (χ1n) is 2.92. The molecule has 1 heterocycles. The molecule has 1 radical (unpaired) electrons. The van der Waals surface area contributed by atoms with Crippen molar-refractivity contribution in [2.75, 3.05) is 0 Å². The van der Waals surface area contributed by atoms with Crippen molar-refractivity contribution >= 4 is 0 Å². The summed E-state index contributed by atoms with van der Waals surface area (Å²) in [6.45, 7) is 1.48. The molecular weight excluding hydrogens is 156 g/mol. The molecule has 0 aliphatic heterocycles. The van der Waals surface area contributed by atoms with Crippen molar-refractivity contribution in [2.45, 2.75) is 19.5 Å². The van der Waals surface area contributed by atoms with E-state index in [1.807, 2.05) is 0 Å². The van der Waals surface area contributed by atoms with Gasteiger partial charge in [0.2, 0.25) is 0 Å². The van der Waals surface area contributed by atoms with E-state index in [0.717, 1.165) is 0 Å². The monoisotopic (exact) mass is 162 g/mol. The second kappa shape index (κ2) is 2.96. The van der Waals surface area contributed by atoms with Gasteiger partial charge in [0.05, 0.1) is 0 Å². The zero-order valence-electron chi connectivity index (χ0n) is 5.71. The number of aliphatic hydroxyl groups is 1. The van der Waals surface area contributed by atoms with Crippen molar-refractivity contribution in [1.82, 2.24) is 4.98 Å². The minimum Gasteiger partial charge on any atom is -0.437 e. The standard InChI is InChI=1S/C6H6F2NO2/c1-3-9-4(2-11-3)5(10)6(7)8/h5-6,10H,1H3. The van der Waals surface area contributed by atoms with Gasteiger partial charge >= 0.3 is 0 Å². The van der Waals surface area contributed by atoms with Crippen LogP contribution in [-0.4, -0.2) is 16.5 Å². The summed E-state index contributed by atoms with van der Waals surface area (Å²) >= 11 is 0. The molecule has 1 aromatic rings. The fourth-order valence-corrected chi connectivity index (χ4v) is 0.587. The molecule has 1 unspecified atom stereocenters. The predicted octanol–water partition coefficient (Wildman–Crippen LogP) is 1.08. The Morgan fingerprint density at radius 2 is 2.27 bits per heavy atom. The van der Waals surface area contributed by atoms with Gasteiger partial charge in [0.25, 0.3) is 6.43 Å². The van der Waals surface area contributed by atoms with Crippen LogP contribution in [0.3, 0.4) is 0 Å². The lowest BCUT2D eigenvalue weighted by Crippen LogP contribution is -2.08. The van der Waals surface area contributed by atoms with E-state index in [9.17, 15) is 8.78 Å². The molecule has 0 aliphatic rings. The number of alkyl halides is 2. The molecule has 3 nitrogen and oxygen atoms in total. The Labute approximate surface area is 61.7 Å². The van der Waals surface area contributed by atoms with Gasteiger partial charge in [-0.15, -0.1) is 0 Å². The zero-order valence-corrected chi connectivity index (χ0v) is 5.71. The highest BCUT2D eigenvalue weighted by atomic mass is 19.3. The molecule has 1 rings (SSSR count). The van der Waals surface area contributed by atoms with Crippen LogP contribution < -0.4 is 0 Å². The van der Waals surface area contributed by atoms with E-state index in [1.54, 1.807) is 0 Å². The zero-order chi connectivity index (χ0) is 8.43. The lowest BCUT2D eigenvalue weighted by molar-refractivity contribution is -0.00845. The summed E-state index contributed by atoms with van der Waals surface area (Å²) in [6.07, 6.45) is -2.68. The highest BCUT2D eigenvalue weighted by Gasteiger charge is 2.22. The number of aryl methyl sites for hydroxylation is 1. The number of nitrogens with zero attached hydrogens (tertiary/aromatic N) is 1. The molecule has 1 atom stereocenters. The summed E-state index contributed by atoms with van der Waals surface area (Å²) in [6, 6.07) is 0. The lowest BCUT2D eigenvalue weighted by Gasteiger charge is -2.02. The van der Waals surface area contributed by atoms with Gasteiger partial charge in [-0.05, 0) is 0 Å². The maximum atomic E-state index is 11.8. The van der Waals surface area contributed by atoms with Crippen LogP contribution in [0.5, 0.6) is 0 Å². The van der Waals surface area contributed by atoms with E-state index >= 15 is 0 Å². The highest BCUT2D eigenvalue weighted by Crippen LogP contribution is 2.18. The fraction of sp³-hybridized carbons (Fsp3) is 0.500. The van der Waals surface area contributed by atoms with E-state index in [2.05, 4.69) is 15.7 Å². The Bertz CT molecular complexity index is 236. The van der Waals surface area contributed by atoms with Crippen LogP contribution in [0.4, 0.5) is 8.78 Å². The maximum Gasteiger partial charge on any atom is 0.269 e. The number of aromatic nitrogens is 1. The maximum absolute atomic E-state index is 11.8. The number of oxazole rings is 1. The van der Waals surface area contributed by atoms with E-state index < -0.39 is 12.5 Å². The molecule has 0 fully saturated rings. The Balaban J connectivity index is 2.76. The summed E-state index contributed by atoms with van der Waals surface area (Å²) in [5.74, 6) is 0.208. The molecule has 61 valence electrons. The molecule has 0 saturated heterocycles. The number of hydrogen-bond donors (Lipinski definition) is 1. The third-order valence-corrected chi connectivity index (χ3v) is 1.10. The van der Waals surface area contributed by atoms with Crippen molar-refractivity contribution in [3.63, 3.8) is 0 Å². The summed E-state index contributed by atoms with van der Waals surface area (Å²) < 4.78 is 28.0. The average Bonchev–Trinajstić information content (AvgIpc) is 2.34. The predicted molar refractivity (Wildman–Crippen MR) is 31.0 cm³/mol. The number of aliphatic hydroxyl groups excluding tert-OH is 1. The summed E-state index contributed by atoms with van der Waals surface area (Å²) in [5.41, 5.74) is -0.252. The molecule has 1 N–H and O–H groups in total. The Morgan fingerprint density at radius 3 is 2.64 bits per heavy atom. The third-order valence-electron chi connectivity index (χ3n) is 1.10. The molecule has 0 amide bonds. The van der Waals surface area contributed by atoms with Gasteiger partial charge in [-0.3, -0.25) is 0 Å². The van der Waals surface area contributed by atoms with Crippen molar-refractivity contribution in [2.24, 2.45) is 0 Å². The molecule has 5 heteroatoms. The van der Waals surface area contributed by atoms with Gasteiger partial charge in [0, 0.05) is 6.92 Å². The molecular formula is C6H6F2NO2. The third kappa shape index (κ3) is 1.74. The van der Waals surface area contributed by atoms with Gasteiger partial charge in [-0.1, -0.05) is 0 Å². The van der Waals surface area contributed by atoms with Crippen LogP contribution in [0.25, 0.3) is 0 Å². The average molecular weight is 162 g/mol. The number of hydrogen-bond acceptors (Lipinski definition) is 3. The topological polar surface area (TPSA) is 46.3 Å². The smallest absolute Gasteiger partial charge is 0.269 e. The minimum atomic E-state index is -2.85. The first-order chi connectivity index (χ1) is 5.11. The second-order valence-electron chi connectivity index (χ2n) is 2.00. The lowest BCUT2D eigenvalue weighted by atomic mass is 10.3. The van der Waals surface area contributed by atoms with Crippen LogP contribution in [0.2, 0.25) is 0 Å². The van der Waals surface area contributed by atoms with Crippen molar-refractivity contribution in [1.29, 1.82) is 0 Å². The van der Waals surface area contributed by atoms with Crippen LogP contribution in [0.1, 0.15) is 17.7 Å².